The summed E-state index contributed by atoms with van der Waals surface area (Å²) in [4.78, 5) is 28.7. The molecule has 0 bridgehead atoms. The van der Waals surface area contributed by atoms with E-state index in [1.165, 1.54) is 37.1 Å². The zero-order valence-electron chi connectivity index (χ0n) is 26.8. The van der Waals surface area contributed by atoms with E-state index in [1.807, 2.05) is 26.1 Å². The first-order chi connectivity index (χ1) is 19.6. The quantitative estimate of drug-likeness (QED) is 0.182. The standard InChI is InChI=1S/C18H25BrClN.C8H14N2O2.C5H11N.C2H6/c1-4-6-16(14-7-9-21(3)10-8-14)18-13(5-2)11-15(20)12-17(18)19;9-8(12)10-4-1-7(2-5-10)3-6-11;1-5(2)4-6-3;1-2/h4,6,11-12,14,16H,5,7-10H2,1-3H3;6-7H,1-5H2,(H2,9,12);4-5H,1-3H3;1-2H3/b6-4+;;;. The molecule has 2 fully saturated rings. The molecular formula is C33H56BrClN4O2. The maximum absolute atomic E-state index is 10.7. The molecule has 2 aliphatic rings. The zero-order valence-corrected chi connectivity index (χ0v) is 29.2. The molecule has 6 nitrogen and oxygen atoms in total. The molecule has 3 rings (SSSR count). The van der Waals surface area contributed by atoms with Gasteiger partial charge in [-0.2, -0.15) is 0 Å². The van der Waals surface area contributed by atoms with E-state index in [1.54, 1.807) is 11.9 Å². The van der Waals surface area contributed by atoms with E-state index in [0.29, 0.717) is 37.3 Å². The Morgan fingerprint density at radius 3 is 2.15 bits per heavy atom. The molecule has 1 aromatic carbocycles. The lowest BCUT2D eigenvalue weighted by molar-refractivity contribution is -0.108. The number of halogens is 2. The number of urea groups is 1. The van der Waals surface area contributed by atoms with Crippen molar-refractivity contribution in [2.45, 2.75) is 86.0 Å². The van der Waals surface area contributed by atoms with Crippen molar-refractivity contribution in [3.05, 3.63) is 44.9 Å². The molecule has 0 aliphatic carbocycles. The number of hydrogen-bond acceptors (Lipinski definition) is 4. The number of aryl methyl sites for hydroxylation is 1. The number of carbonyl (C=O) groups excluding carboxylic acids is 2. The molecule has 2 saturated heterocycles. The largest absolute Gasteiger partial charge is 0.351 e. The van der Waals surface area contributed by atoms with Gasteiger partial charge in [-0.1, -0.05) is 74.3 Å². The topological polar surface area (TPSA) is 79.0 Å². The van der Waals surface area contributed by atoms with Gasteiger partial charge < -0.3 is 25.3 Å². The maximum atomic E-state index is 10.7. The number of rotatable bonds is 7. The van der Waals surface area contributed by atoms with Crippen LogP contribution in [0.4, 0.5) is 4.79 Å². The molecule has 0 saturated carbocycles. The minimum absolute atomic E-state index is 0.348. The first-order valence-corrected chi connectivity index (χ1v) is 16.4. The Morgan fingerprint density at radius 1 is 1.15 bits per heavy atom. The molecule has 0 radical (unpaired) electrons. The van der Waals surface area contributed by atoms with Gasteiger partial charge in [0.05, 0.1) is 0 Å². The molecule has 0 aromatic heterocycles. The fraction of sp³-hybridized carbons (Fsp3) is 0.667. The molecule has 0 spiro atoms. The van der Waals surface area contributed by atoms with Gasteiger partial charge in [0, 0.05) is 48.2 Å². The molecule has 1 atom stereocenters. The normalized spacial score (nSPS) is 17.3. The molecule has 1 aromatic rings. The van der Waals surface area contributed by atoms with Crippen LogP contribution in [0.2, 0.25) is 5.02 Å². The lowest BCUT2D eigenvalue weighted by atomic mass is 9.78. The first kappa shape index (κ1) is 39.3. The van der Waals surface area contributed by atoms with Crippen LogP contribution in [0.15, 0.2) is 33.7 Å². The average Bonchev–Trinajstić information content (AvgIpc) is 2.94. The van der Waals surface area contributed by atoms with Crippen LogP contribution in [0.3, 0.4) is 0 Å². The fourth-order valence-corrected chi connectivity index (χ4v) is 6.35. The maximum Gasteiger partial charge on any atom is 0.314 e. The van der Waals surface area contributed by atoms with E-state index in [0.717, 1.165) is 41.0 Å². The Morgan fingerprint density at radius 2 is 1.73 bits per heavy atom. The fourth-order valence-electron chi connectivity index (χ4n) is 5.21. The predicted molar refractivity (Wildman–Crippen MR) is 181 cm³/mol. The van der Waals surface area contributed by atoms with Crippen molar-refractivity contribution in [3.63, 3.8) is 0 Å². The van der Waals surface area contributed by atoms with Gasteiger partial charge in [-0.3, -0.25) is 0 Å². The summed E-state index contributed by atoms with van der Waals surface area (Å²) in [7, 11) is 4.01. The Kier molecular flexibility index (Phi) is 21.9. The minimum Gasteiger partial charge on any atom is -0.351 e. The van der Waals surface area contributed by atoms with Crippen molar-refractivity contribution in [2.24, 2.45) is 28.5 Å². The van der Waals surface area contributed by atoms with E-state index >= 15 is 0 Å². The van der Waals surface area contributed by atoms with Crippen molar-refractivity contribution in [1.29, 1.82) is 0 Å². The number of nitrogens with two attached hydrogens (primary N) is 1. The van der Waals surface area contributed by atoms with Crippen molar-refractivity contribution in [1.82, 2.24) is 9.80 Å². The number of allylic oxidation sites excluding steroid dienone is 2. The second kappa shape index (κ2) is 22.8. The highest BCUT2D eigenvalue weighted by molar-refractivity contribution is 9.10. The molecule has 2 amide bonds. The number of aliphatic imine (C=N–C) groups is 1. The second-order valence-corrected chi connectivity index (χ2v) is 12.1. The summed E-state index contributed by atoms with van der Waals surface area (Å²) < 4.78 is 1.16. The number of primary amides is 1. The minimum atomic E-state index is -0.348. The average molecular weight is 656 g/mol. The van der Waals surface area contributed by atoms with Crippen molar-refractivity contribution >= 4 is 46.1 Å². The van der Waals surface area contributed by atoms with E-state index in [-0.39, 0.29) is 6.03 Å². The van der Waals surface area contributed by atoms with E-state index < -0.39 is 0 Å². The van der Waals surface area contributed by atoms with Crippen LogP contribution in [-0.2, 0) is 11.2 Å². The lowest BCUT2D eigenvalue weighted by Crippen LogP contribution is -2.41. The van der Waals surface area contributed by atoms with Crippen LogP contribution in [0.1, 0.15) is 90.7 Å². The summed E-state index contributed by atoms with van der Waals surface area (Å²) >= 11 is 9.99. The van der Waals surface area contributed by atoms with Crippen LogP contribution in [0.25, 0.3) is 0 Å². The van der Waals surface area contributed by atoms with Crippen LogP contribution >= 0.6 is 27.5 Å². The smallest absolute Gasteiger partial charge is 0.314 e. The summed E-state index contributed by atoms with van der Waals surface area (Å²) in [5, 5.41) is 0.824. The summed E-state index contributed by atoms with van der Waals surface area (Å²) in [6, 6.07) is 3.83. The second-order valence-electron chi connectivity index (χ2n) is 10.8. The van der Waals surface area contributed by atoms with E-state index in [9.17, 15) is 9.59 Å². The summed E-state index contributed by atoms with van der Waals surface area (Å²) in [6.45, 7) is 16.3. The first-order valence-electron chi connectivity index (χ1n) is 15.3. The number of carbonyl (C=O) groups is 2. The van der Waals surface area contributed by atoms with Gasteiger partial charge in [-0.25, -0.2) is 4.79 Å². The van der Waals surface area contributed by atoms with Crippen LogP contribution < -0.4 is 5.73 Å². The molecule has 8 heteroatoms. The molecule has 2 aliphatic heterocycles. The SMILES string of the molecule is C/C=C/C(c1c(Br)cc(Cl)cc1CC)C1CCN(C)CC1.CC.CN=CC(C)C.NC(=O)N1CCC(CC=O)CC1. The van der Waals surface area contributed by atoms with Gasteiger partial charge in [0.2, 0.25) is 0 Å². The number of piperidine rings is 2. The monoisotopic (exact) mass is 654 g/mol. The molecule has 2 N–H and O–H groups in total. The molecule has 2 heterocycles. The number of amides is 2. The number of nitrogens with zero attached hydrogens (tertiary/aromatic N) is 3. The summed E-state index contributed by atoms with van der Waals surface area (Å²) in [6.07, 6.45) is 13.4. The van der Waals surface area contributed by atoms with Crippen LogP contribution in [0, 0.1) is 17.8 Å². The van der Waals surface area contributed by atoms with Gasteiger partial charge in [-0.15, -0.1) is 0 Å². The number of benzene rings is 1. The number of likely N-dealkylation sites (tertiary alicyclic amines) is 2. The third kappa shape index (κ3) is 15.4. The van der Waals surface area contributed by atoms with E-state index in [2.05, 4.69) is 78.8 Å². The summed E-state index contributed by atoms with van der Waals surface area (Å²) in [5.74, 6) is 2.28. The Balaban J connectivity index is 0.000000673. The van der Waals surface area contributed by atoms with Gasteiger partial charge >= 0.3 is 6.03 Å². The molecule has 1 unspecified atom stereocenters. The highest BCUT2D eigenvalue weighted by Gasteiger charge is 2.28. The van der Waals surface area contributed by atoms with E-state index in [4.69, 9.17) is 17.3 Å². The van der Waals surface area contributed by atoms with Crippen LogP contribution in [-0.4, -0.2) is 68.6 Å². The summed E-state index contributed by atoms with van der Waals surface area (Å²) in [5.41, 5.74) is 7.92. The molecule has 41 heavy (non-hydrogen) atoms. The van der Waals surface area contributed by atoms with Crippen molar-refractivity contribution < 1.29 is 9.59 Å². The highest BCUT2D eigenvalue weighted by atomic mass is 79.9. The number of hydrogen-bond donors (Lipinski definition) is 1. The third-order valence-corrected chi connectivity index (χ3v) is 8.24. The Hall–Kier alpha value is -1.70. The lowest BCUT2D eigenvalue weighted by Gasteiger charge is -2.34. The molecule has 234 valence electrons. The van der Waals surface area contributed by atoms with Gasteiger partial charge in [-0.05, 0) is 100 Å². The predicted octanol–water partition coefficient (Wildman–Crippen LogP) is 8.40. The van der Waals surface area contributed by atoms with Crippen molar-refractivity contribution in [3.8, 4) is 0 Å². The number of aldehydes is 1. The Labute approximate surface area is 264 Å². The van der Waals surface area contributed by atoms with Crippen molar-refractivity contribution in [2.75, 3.05) is 40.3 Å². The van der Waals surface area contributed by atoms with Gasteiger partial charge in [0.15, 0.2) is 0 Å². The third-order valence-electron chi connectivity index (χ3n) is 7.37. The van der Waals surface area contributed by atoms with Gasteiger partial charge in [0.1, 0.15) is 6.29 Å². The van der Waals surface area contributed by atoms with Gasteiger partial charge in [0.25, 0.3) is 0 Å². The molecular weight excluding hydrogens is 600 g/mol. The zero-order chi connectivity index (χ0) is 31.4. The van der Waals surface area contributed by atoms with Crippen LogP contribution in [0.5, 0.6) is 0 Å². The highest BCUT2D eigenvalue weighted by Crippen LogP contribution is 2.40. The Bertz CT molecular complexity index is 922.